The minimum absolute atomic E-state index is 0.121. The SMILES string of the molecule is COc1cc(C=C(C#N)C(=O)Nc2sc3c(c2C#N)CCCC3)ccc1OCC(=O)Nc1nccs1. The van der Waals surface area contributed by atoms with Crippen LogP contribution in [-0.2, 0) is 22.4 Å². The number of hydrogen-bond acceptors (Lipinski definition) is 9. The van der Waals surface area contributed by atoms with Crippen LogP contribution in [0.5, 0.6) is 11.5 Å². The Labute approximate surface area is 215 Å². The molecule has 1 aliphatic rings. The van der Waals surface area contributed by atoms with Crippen molar-refractivity contribution in [3.8, 4) is 23.6 Å². The third kappa shape index (κ3) is 5.71. The Morgan fingerprint density at radius 1 is 1.19 bits per heavy atom. The van der Waals surface area contributed by atoms with Crippen LogP contribution in [0, 0.1) is 22.7 Å². The highest BCUT2D eigenvalue weighted by Gasteiger charge is 2.23. The normalized spacial score (nSPS) is 12.6. The van der Waals surface area contributed by atoms with Gasteiger partial charge in [0.25, 0.3) is 11.8 Å². The monoisotopic (exact) mass is 519 g/mol. The lowest BCUT2D eigenvalue weighted by Crippen LogP contribution is -2.20. The number of hydrogen-bond donors (Lipinski definition) is 2. The lowest BCUT2D eigenvalue weighted by Gasteiger charge is -2.11. The number of thiazole rings is 1. The van der Waals surface area contributed by atoms with Crippen LogP contribution in [0.4, 0.5) is 10.1 Å². The van der Waals surface area contributed by atoms with Crippen LogP contribution < -0.4 is 20.1 Å². The number of ether oxygens (including phenoxy) is 2. The molecule has 9 nitrogen and oxygen atoms in total. The molecule has 1 aromatic carbocycles. The first-order chi connectivity index (χ1) is 17.5. The molecule has 36 heavy (non-hydrogen) atoms. The zero-order valence-electron chi connectivity index (χ0n) is 19.3. The minimum Gasteiger partial charge on any atom is -0.493 e. The lowest BCUT2D eigenvalue weighted by atomic mass is 9.96. The van der Waals surface area contributed by atoms with E-state index in [2.05, 4.69) is 21.7 Å². The van der Waals surface area contributed by atoms with E-state index >= 15 is 0 Å². The van der Waals surface area contributed by atoms with Gasteiger partial charge in [0.1, 0.15) is 22.7 Å². The van der Waals surface area contributed by atoms with Gasteiger partial charge in [0.05, 0.1) is 12.7 Å². The molecule has 182 valence electrons. The van der Waals surface area contributed by atoms with E-state index in [1.807, 2.05) is 6.07 Å². The largest absolute Gasteiger partial charge is 0.493 e. The number of thiophene rings is 1. The number of rotatable bonds is 8. The summed E-state index contributed by atoms with van der Waals surface area (Å²) in [6, 6.07) is 8.96. The second kappa shape index (κ2) is 11.5. The van der Waals surface area contributed by atoms with Crippen molar-refractivity contribution in [3.63, 3.8) is 0 Å². The summed E-state index contributed by atoms with van der Waals surface area (Å²) in [5, 5.41) is 27.3. The average molecular weight is 520 g/mol. The third-order valence-electron chi connectivity index (χ3n) is 5.41. The molecule has 0 bridgehead atoms. The van der Waals surface area contributed by atoms with Crippen molar-refractivity contribution in [3.05, 3.63) is 56.9 Å². The van der Waals surface area contributed by atoms with Crippen molar-refractivity contribution in [1.29, 1.82) is 10.5 Å². The van der Waals surface area contributed by atoms with Crippen molar-refractivity contribution in [1.82, 2.24) is 4.98 Å². The summed E-state index contributed by atoms with van der Waals surface area (Å²) in [7, 11) is 1.45. The number of aromatic nitrogens is 1. The van der Waals surface area contributed by atoms with Crippen LogP contribution >= 0.6 is 22.7 Å². The number of nitriles is 2. The number of aryl methyl sites for hydroxylation is 1. The standard InChI is InChI=1S/C25H21N5O4S2/c1-33-20-11-15(6-7-19(20)34-14-22(31)29-25-28-8-9-35-25)10-16(12-26)23(32)30-24-18(13-27)17-4-2-3-5-21(17)36-24/h6-11H,2-5,14H2,1H3,(H,30,32)(H,28,29,31). The Morgan fingerprint density at radius 2 is 2.03 bits per heavy atom. The summed E-state index contributed by atoms with van der Waals surface area (Å²) in [4.78, 5) is 30.0. The molecule has 2 aromatic heterocycles. The van der Waals surface area contributed by atoms with Crippen LogP contribution in [0.3, 0.4) is 0 Å². The maximum Gasteiger partial charge on any atom is 0.266 e. The summed E-state index contributed by atoms with van der Waals surface area (Å²) < 4.78 is 10.9. The summed E-state index contributed by atoms with van der Waals surface area (Å²) in [6.45, 7) is -0.247. The molecule has 1 aliphatic carbocycles. The van der Waals surface area contributed by atoms with Gasteiger partial charge in [-0.25, -0.2) is 4.98 Å². The van der Waals surface area contributed by atoms with Gasteiger partial charge in [0.2, 0.25) is 0 Å². The Hall–Kier alpha value is -4.19. The van der Waals surface area contributed by atoms with E-state index < -0.39 is 5.91 Å². The molecule has 0 spiro atoms. The highest BCUT2D eigenvalue weighted by molar-refractivity contribution is 7.16. The molecule has 2 amide bonds. The van der Waals surface area contributed by atoms with E-state index in [0.717, 1.165) is 36.1 Å². The van der Waals surface area contributed by atoms with Crippen LogP contribution in [0.2, 0.25) is 0 Å². The van der Waals surface area contributed by atoms with Gasteiger partial charge >= 0.3 is 0 Å². The molecule has 2 heterocycles. The number of fused-ring (bicyclic) bond motifs is 1. The van der Waals surface area contributed by atoms with Gasteiger partial charge in [0.15, 0.2) is 23.2 Å². The van der Waals surface area contributed by atoms with Crippen molar-refractivity contribution < 1.29 is 19.1 Å². The van der Waals surface area contributed by atoms with Gasteiger partial charge in [-0.3, -0.25) is 14.9 Å². The van der Waals surface area contributed by atoms with E-state index in [0.29, 0.717) is 32.8 Å². The van der Waals surface area contributed by atoms with Crippen molar-refractivity contribution in [2.75, 3.05) is 24.4 Å². The van der Waals surface area contributed by atoms with Crippen LogP contribution in [0.1, 0.15) is 34.4 Å². The van der Waals surface area contributed by atoms with Crippen molar-refractivity contribution in [2.45, 2.75) is 25.7 Å². The number of nitrogens with one attached hydrogen (secondary N) is 2. The number of nitrogens with zero attached hydrogens (tertiary/aromatic N) is 3. The van der Waals surface area contributed by atoms with Crippen LogP contribution in [0.15, 0.2) is 35.3 Å². The lowest BCUT2D eigenvalue weighted by molar-refractivity contribution is -0.118. The fourth-order valence-corrected chi connectivity index (χ4v) is 5.51. The number of carbonyl (C=O) groups excluding carboxylic acids is 2. The van der Waals surface area contributed by atoms with Crippen molar-refractivity contribution >= 4 is 50.7 Å². The van der Waals surface area contributed by atoms with E-state index in [9.17, 15) is 20.1 Å². The van der Waals surface area contributed by atoms with Gasteiger partial charge in [-0.1, -0.05) is 6.07 Å². The fraction of sp³-hybridized carbons (Fsp3) is 0.240. The average Bonchev–Trinajstić information content (AvgIpc) is 3.53. The Morgan fingerprint density at radius 3 is 2.75 bits per heavy atom. The first-order valence-corrected chi connectivity index (χ1v) is 12.7. The molecule has 0 fully saturated rings. The summed E-state index contributed by atoms with van der Waals surface area (Å²) in [5.74, 6) is -0.298. The molecule has 0 atom stereocenters. The molecule has 3 aromatic rings. The number of carbonyl (C=O) groups is 2. The van der Waals surface area contributed by atoms with Crippen LogP contribution in [0.25, 0.3) is 6.08 Å². The Balaban J connectivity index is 1.46. The molecule has 0 radical (unpaired) electrons. The third-order valence-corrected chi connectivity index (χ3v) is 7.31. The van der Waals surface area contributed by atoms with E-state index in [4.69, 9.17) is 9.47 Å². The molecule has 2 N–H and O–H groups in total. The van der Waals surface area contributed by atoms with Gasteiger partial charge in [-0.05, 0) is 55.0 Å². The maximum atomic E-state index is 12.8. The first kappa shape index (κ1) is 24.9. The summed E-state index contributed by atoms with van der Waals surface area (Å²) in [5.41, 5.74) is 1.91. The zero-order valence-corrected chi connectivity index (χ0v) is 20.9. The van der Waals surface area contributed by atoms with E-state index in [1.165, 1.54) is 35.9 Å². The van der Waals surface area contributed by atoms with E-state index in [1.54, 1.807) is 29.8 Å². The molecular formula is C25H21N5O4S2. The maximum absolute atomic E-state index is 12.8. The smallest absolute Gasteiger partial charge is 0.266 e. The fourth-order valence-electron chi connectivity index (χ4n) is 3.73. The van der Waals surface area contributed by atoms with Gasteiger partial charge < -0.3 is 14.8 Å². The summed E-state index contributed by atoms with van der Waals surface area (Å²) >= 11 is 2.70. The van der Waals surface area contributed by atoms with E-state index in [-0.39, 0.29) is 18.1 Å². The highest BCUT2D eigenvalue weighted by atomic mass is 32.1. The number of methoxy groups -OCH3 is 1. The Bertz CT molecular complexity index is 1400. The molecule has 4 rings (SSSR count). The predicted octanol–water partition coefficient (Wildman–Crippen LogP) is 4.53. The van der Waals surface area contributed by atoms with Crippen LogP contribution in [-0.4, -0.2) is 30.5 Å². The molecule has 0 unspecified atom stereocenters. The van der Waals surface area contributed by atoms with Crippen molar-refractivity contribution in [2.24, 2.45) is 0 Å². The highest BCUT2D eigenvalue weighted by Crippen LogP contribution is 2.38. The number of amides is 2. The quantitative estimate of drug-likeness (QED) is 0.329. The minimum atomic E-state index is -0.592. The van der Waals surface area contributed by atoms with Gasteiger partial charge in [0, 0.05) is 16.5 Å². The molecule has 0 aliphatic heterocycles. The molecule has 11 heteroatoms. The first-order valence-electron chi connectivity index (χ1n) is 11.0. The topological polar surface area (TPSA) is 137 Å². The summed E-state index contributed by atoms with van der Waals surface area (Å²) in [6.07, 6.45) is 6.82. The number of benzene rings is 1. The van der Waals surface area contributed by atoms with Gasteiger partial charge in [-0.2, -0.15) is 10.5 Å². The Kier molecular flexibility index (Phi) is 7.95. The second-order valence-electron chi connectivity index (χ2n) is 7.74. The predicted molar refractivity (Wildman–Crippen MR) is 137 cm³/mol. The number of anilines is 2. The second-order valence-corrected chi connectivity index (χ2v) is 9.73. The molecule has 0 saturated heterocycles. The molecular weight excluding hydrogens is 498 g/mol. The molecule has 0 saturated carbocycles. The zero-order chi connectivity index (χ0) is 25.5. The van der Waals surface area contributed by atoms with Gasteiger partial charge in [-0.15, -0.1) is 22.7 Å².